The lowest BCUT2D eigenvalue weighted by Crippen LogP contribution is -2.35. The smallest absolute Gasteiger partial charge is 0.207 e. The normalized spacial score (nSPS) is 17.1. The van der Waals surface area contributed by atoms with Crippen LogP contribution in [0.3, 0.4) is 0 Å². The Bertz CT molecular complexity index is 572. The van der Waals surface area contributed by atoms with Crippen LogP contribution in [-0.4, -0.2) is 25.8 Å². The summed E-state index contributed by atoms with van der Waals surface area (Å²) in [5.74, 6) is 0. The van der Waals surface area contributed by atoms with Gasteiger partial charge in [-0.1, -0.05) is 29.7 Å². The van der Waals surface area contributed by atoms with Crippen molar-refractivity contribution in [3.05, 3.63) is 34.7 Å². The van der Waals surface area contributed by atoms with Crippen molar-refractivity contribution in [1.82, 2.24) is 4.31 Å². The molecule has 18 heavy (non-hydrogen) atoms. The molecule has 1 saturated heterocycles. The molecule has 2 rings (SSSR count). The minimum Gasteiger partial charge on any atom is -0.207 e. The Hall–Kier alpha value is -1.56. The molecule has 1 heterocycles. The van der Waals surface area contributed by atoms with E-state index in [1.165, 1.54) is 16.4 Å². The van der Waals surface area contributed by atoms with Crippen molar-refractivity contribution in [2.45, 2.75) is 24.2 Å². The maximum absolute atomic E-state index is 12.4. The summed E-state index contributed by atoms with van der Waals surface area (Å²) in [4.78, 5) is 2.75. The highest BCUT2D eigenvalue weighted by Crippen LogP contribution is 2.28. The van der Waals surface area contributed by atoms with E-state index in [-0.39, 0.29) is 10.6 Å². The van der Waals surface area contributed by atoms with E-state index >= 15 is 0 Å². The van der Waals surface area contributed by atoms with Gasteiger partial charge < -0.3 is 0 Å². The summed E-state index contributed by atoms with van der Waals surface area (Å²) < 4.78 is 26.3. The van der Waals surface area contributed by atoms with Gasteiger partial charge in [-0.15, -0.1) is 0 Å². The Kier molecular flexibility index (Phi) is 3.86. The van der Waals surface area contributed by atoms with Gasteiger partial charge in [0.2, 0.25) is 10.0 Å². The van der Waals surface area contributed by atoms with Gasteiger partial charge in [-0.25, -0.2) is 8.42 Å². The van der Waals surface area contributed by atoms with Gasteiger partial charge in [-0.05, 0) is 24.4 Å². The third-order valence-corrected chi connectivity index (χ3v) is 4.90. The lowest BCUT2D eigenvalue weighted by Gasteiger charge is -2.26. The molecule has 1 fully saturated rings. The van der Waals surface area contributed by atoms with E-state index in [1.807, 2.05) is 0 Å². The van der Waals surface area contributed by atoms with Crippen molar-refractivity contribution >= 4 is 15.7 Å². The van der Waals surface area contributed by atoms with Crippen LogP contribution in [0.25, 0.3) is 10.4 Å². The minimum atomic E-state index is -3.55. The topological polar surface area (TPSA) is 86.1 Å². The molecule has 0 aliphatic carbocycles. The Morgan fingerprint density at radius 1 is 1.17 bits per heavy atom. The summed E-state index contributed by atoms with van der Waals surface area (Å²) in [6.45, 7) is 1.07. The number of benzene rings is 1. The molecule has 0 amide bonds. The van der Waals surface area contributed by atoms with Crippen molar-refractivity contribution in [2.75, 3.05) is 13.1 Å². The zero-order chi connectivity index (χ0) is 13.0. The fourth-order valence-corrected chi connectivity index (χ4v) is 3.69. The van der Waals surface area contributed by atoms with Crippen molar-refractivity contribution in [1.29, 1.82) is 0 Å². The van der Waals surface area contributed by atoms with Gasteiger partial charge in [0.1, 0.15) is 0 Å². The molecule has 0 atom stereocenters. The van der Waals surface area contributed by atoms with Gasteiger partial charge in [0.15, 0.2) is 0 Å². The third-order valence-electron chi connectivity index (χ3n) is 2.95. The molecule has 1 aliphatic rings. The molecule has 1 aromatic rings. The SMILES string of the molecule is [N-]=[N+]=Nc1ccccc1S(=O)(=O)N1CCCCC1. The number of rotatable bonds is 3. The van der Waals surface area contributed by atoms with Crippen LogP contribution in [-0.2, 0) is 10.0 Å². The van der Waals surface area contributed by atoms with E-state index in [0.717, 1.165) is 19.3 Å². The first-order valence-corrected chi connectivity index (χ1v) is 7.24. The van der Waals surface area contributed by atoms with Gasteiger partial charge >= 0.3 is 0 Å². The summed E-state index contributed by atoms with van der Waals surface area (Å²) in [5.41, 5.74) is 8.63. The molecule has 1 aliphatic heterocycles. The number of sulfonamides is 1. The molecule has 0 spiro atoms. The number of piperidine rings is 1. The highest BCUT2D eigenvalue weighted by molar-refractivity contribution is 7.89. The molecule has 0 radical (unpaired) electrons. The maximum Gasteiger partial charge on any atom is 0.243 e. The first-order valence-electron chi connectivity index (χ1n) is 5.80. The lowest BCUT2D eigenvalue weighted by atomic mass is 10.2. The third kappa shape index (κ3) is 2.48. The Morgan fingerprint density at radius 3 is 2.50 bits per heavy atom. The maximum atomic E-state index is 12.4. The monoisotopic (exact) mass is 266 g/mol. The van der Waals surface area contributed by atoms with Crippen LogP contribution in [0.2, 0.25) is 0 Å². The lowest BCUT2D eigenvalue weighted by molar-refractivity contribution is 0.347. The van der Waals surface area contributed by atoms with Gasteiger partial charge in [0.05, 0.1) is 10.6 Å². The van der Waals surface area contributed by atoms with E-state index < -0.39 is 10.0 Å². The second-order valence-corrected chi connectivity index (χ2v) is 6.03. The first-order chi connectivity index (χ1) is 8.66. The minimum absolute atomic E-state index is 0.0877. The van der Waals surface area contributed by atoms with Crippen molar-refractivity contribution < 1.29 is 8.42 Å². The van der Waals surface area contributed by atoms with Crippen LogP contribution < -0.4 is 0 Å². The predicted octanol–water partition coefficient (Wildman–Crippen LogP) is 2.80. The van der Waals surface area contributed by atoms with Crippen LogP contribution in [0.15, 0.2) is 34.3 Å². The second kappa shape index (κ2) is 5.39. The largest absolute Gasteiger partial charge is 0.243 e. The highest BCUT2D eigenvalue weighted by atomic mass is 32.2. The second-order valence-electron chi connectivity index (χ2n) is 4.12. The number of azide groups is 1. The number of hydrogen-bond acceptors (Lipinski definition) is 3. The fourth-order valence-electron chi connectivity index (χ4n) is 2.05. The molecule has 0 saturated carbocycles. The molecular formula is C11H14N4O2S. The quantitative estimate of drug-likeness (QED) is 0.478. The molecular weight excluding hydrogens is 252 g/mol. The van der Waals surface area contributed by atoms with Gasteiger partial charge in [-0.2, -0.15) is 4.31 Å². The number of nitrogens with zero attached hydrogens (tertiary/aromatic N) is 4. The van der Waals surface area contributed by atoms with Crippen molar-refractivity contribution in [3.8, 4) is 0 Å². The van der Waals surface area contributed by atoms with E-state index in [1.54, 1.807) is 12.1 Å². The van der Waals surface area contributed by atoms with Gasteiger partial charge in [0.25, 0.3) is 0 Å². The Labute approximate surface area is 106 Å². The zero-order valence-corrected chi connectivity index (χ0v) is 10.7. The average molecular weight is 266 g/mol. The molecule has 0 unspecified atom stereocenters. The summed E-state index contributed by atoms with van der Waals surface area (Å²) >= 11 is 0. The Balaban J connectivity index is 2.43. The summed E-state index contributed by atoms with van der Waals surface area (Å²) in [5, 5.41) is 3.44. The fraction of sp³-hybridized carbons (Fsp3) is 0.455. The molecule has 96 valence electrons. The van der Waals surface area contributed by atoms with E-state index in [0.29, 0.717) is 13.1 Å². The summed E-state index contributed by atoms with van der Waals surface area (Å²) in [6.07, 6.45) is 2.82. The first kappa shape index (κ1) is 12.9. The number of hydrogen-bond donors (Lipinski definition) is 0. The van der Waals surface area contributed by atoms with Crippen LogP contribution in [0.5, 0.6) is 0 Å². The summed E-state index contributed by atoms with van der Waals surface area (Å²) in [7, 11) is -3.55. The predicted molar refractivity (Wildman–Crippen MR) is 67.9 cm³/mol. The molecule has 1 aromatic carbocycles. The van der Waals surface area contributed by atoms with E-state index in [4.69, 9.17) is 5.53 Å². The Morgan fingerprint density at radius 2 is 1.83 bits per heavy atom. The van der Waals surface area contributed by atoms with Gasteiger partial charge in [0, 0.05) is 18.0 Å². The molecule has 0 aromatic heterocycles. The molecule has 6 nitrogen and oxygen atoms in total. The van der Waals surface area contributed by atoms with E-state index in [2.05, 4.69) is 10.0 Å². The van der Waals surface area contributed by atoms with Crippen molar-refractivity contribution in [2.24, 2.45) is 5.11 Å². The summed E-state index contributed by atoms with van der Waals surface area (Å²) in [6, 6.07) is 6.27. The van der Waals surface area contributed by atoms with Crippen molar-refractivity contribution in [3.63, 3.8) is 0 Å². The average Bonchev–Trinajstić information content (AvgIpc) is 2.41. The van der Waals surface area contributed by atoms with Crippen LogP contribution in [0.1, 0.15) is 19.3 Å². The molecule has 0 bridgehead atoms. The van der Waals surface area contributed by atoms with E-state index in [9.17, 15) is 8.42 Å². The molecule has 0 N–H and O–H groups in total. The van der Waals surface area contributed by atoms with Gasteiger partial charge in [-0.3, -0.25) is 0 Å². The highest BCUT2D eigenvalue weighted by Gasteiger charge is 2.27. The standard InChI is InChI=1S/C11H14N4O2S/c12-14-13-10-6-2-3-7-11(10)18(16,17)15-8-4-1-5-9-15/h2-3,6-7H,1,4-5,8-9H2. The van der Waals surface area contributed by atoms with Crippen LogP contribution in [0, 0.1) is 0 Å². The van der Waals surface area contributed by atoms with Crippen LogP contribution >= 0.6 is 0 Å². The van der Waals surface area contributed by atoms with Crippen LogP contribution in [0.4, 0.5) is 5.69 Å². The zero-order valence-electron chi connectivity index (χ0n) is 9.86. The molecule has 7 heteroatoms.